The van der Waals surface area contributed by atoms with Gasteiger partial charge in [0, 0.05) is 24.9 Å². The highest BCUT2D eigenvalue weighted by molar-refractivity contribution is 7.99. The first-order chi connectivity index (χ1) is 6.98. The molecule has 4 heteroatoms. The van der Waals surface area contributed by atoms with Crippen molar-refractivity contribution in [2.75, 3.05) is 24.6 Å². The van der Waals surface area contributed by atoms with Crippen molar-refractivity contribution in [1.29, 1.82) is 0 Å². The Morgan fingerprint density at radius 2 is 2.13 bits per heavy atom. The van der Waals surface area contributed by atoms with Crippen molar-refractivity contribution < 1.29 is 9.90 Å². The lowest BCUT2D eigenvalue weighted by atomic mass is 9.85. The summed E-state index contributed by atoms with van der Waals surface area (Å²) in [5, 5.41) is 8.82. The zero-order valence-corrected chi connectivity index (χ0v) is 10.2. The Morgan fingerprint density at radius 1 is 1.47 bits per heavy atom. The number of aliphatic carboxylic acids is 1. The smallest absolute Gasteiger partial charge is 0.309 e. The fourth-order valence-electron chi connectivity index (χ4n) is 2.43. The van der Waals surface area contributed by atoms with E-state index in [1.165, 1.54) is 17.9 Å². The first-order valence-corrected chi connectivity index (χ1v) is 6.68. The molecule has 0 saturated carbocycles. The predicted molar refractivity (Wildman–Crippen MR) is 62.2 cm³/mol. The zero-order chi connectivity index (χ0) is 11.1. The van der Waals surface area contributed by atoms with Gasteiger partial charge in [0.1, 0.15) is 0 Å². The second kappa shape index (κ2) is 3.98. The van der Waals surface area contributed by atoms with E-state index in [4.69, 9.17) is 5.11 Å². The van der Waals surface area contributed by atoms with Crippen molar-refractivity contribution in [2.24, 2.45) is 11.3 Å². The summed E-state index contributed by atoms with van der Waals surface area (Å²) in [5.41, 5.74) is 0.419. The number of carbonyl (C=O) groups is 1. The predicted octanol–water partition coefficient (Wildman–Crippen LogP) is 1.53. The lowest BCUT2D eigenvalue weighted by Crippen LogP contribution is -2.57. The van der Waals surface area contributed by atoms with Crippen molar-refractivity contribution in [2.45, 2.75) is 26.3 Å². The van der Waals surface area contributed by atoms with Gasteiger partial charge in [0.15, 0.2) is 0 Å². The highest BCUT2D eigenvalue weighted by Crippen LogP contribution is 2.37. The number of carboxylic acids is 1. The SMILES string of the molecule is CC1(C)CSCC(N2CC(C(=O)O)C2)C1. The molecular formula is C11H19NO2S. The Kier molecular flexibility index (Phi) is 2.99. The first kappa shape index (κ1) is 11.3. The van der Waals surface area contributed by atoms with Gasteiger partial charge in [0.2, 0.25) is 0 Å². The lowest BCUT2D eigenvalue weighted by Gasteiger charge is -2.47. The minimum absolute atomic E-state index is 0.111. The van der Waals surface area contributed by atoms with Crippen LogP contribution < -0.4 is 0 Å². The lowest BCUT2D eigenvalue weighted by molar-refractivity contribution is -0.148. The standard InChI is InChI=1S/C11H19NO2S/c1-11(2)3-9(6-15-7-11)12-4-8(5-12)10(13)14/h8-9H,3-7H2,1-2H3,(H,13,14). The van der Waals surface area contributed by atoms with Gasteiger partial charge in [0.25, 0.3) is 0 Å². The van der Waals surface area contributed by atoms with Crippen molar-refractivity contribution in [3.05, 3.63) is 0 Å². The number of nitrogens with zero attached hydrogens (tertiary/aromatic N) is 1. The van der Waals surface area contributed by atoms with Gasteiger partial charge in [-0.25, -0.2) is 0 Å². The third-order valence-electron chi connectivity index (χ3n) is 3.37. The molecule has 0 amide bonds. The van der Waals surface area contributed by atoms with Crippen LogP contribution in [-0.4, -0.2) is 46.6 Å². The summed E-state index contributed by atoms with van der Waals surface area (Å²) in [6.45, 7) is 6.13. The third kappa shape index (κ3) is 2.48. The molecule has 2 heterocycles. The van der Waals surface area contributed by atoms with Crippen LogP contribution in [0.4, 0.5) is 0 Å². The van der Waals surface area contributed by atoms with Crippen molar-refractivity contribution in [3.63, 3.8) is 0 Å². The maximum Gasteiger partial charge on any atom is 0.309 e. The molecule has 2 aliphatic rings. The summed E-state index contributed by atoms with van der Waals surface area (Å²) in [4.78, 5) is 13.0. The third-order valence-corrected chi connectivity index (χ3v) is 4.97. The molecule has 2 fully saturated rings. The molecular weight excluding hydrogens is 210 g/mol. The second-order valence-electron chi connectivity index (χ2n) is 5.53. The monoisotopic (exact) mass is 229 g/mol. The summed E-state index contributed by atoms with van der Waals surface area (Å²) in [5.74, 6) is 1.67. The molecule has 3 nitrogen and oxygen atoms in total. The number of hydrogen-bond acceptors (Lipinski definition) is 3. The van der Waals surface area contributed by atoms with E-state index in [0.717, 1.165) is 13.1 Å². The van der Waals surface area contributed by atoms with Crippen molar-refractivity contribution >= 4 is 17.7 Å². The fourth-order valence-corrected chi connectivity index (χ4v) is 3.82. The summed E-state index contributed by atoms with van der Waals surface area (Å²) in [6.07, 6.45) is 1.21. The van der Waals surface area contributed by atoms with E-state index in [-0.39, 0.29) is 5.92 Å². The minimum Gasteiger partial charge on any atom is -0.481 e. The maximum atomic E-state index is 10.7. The Balaban J connectivity index is 1.84. The van der Waals surface area contributed by atoms with Gasteiger partial charge < -0.3 is 5.11 Å². The van der Waals surface area contributed by atoms with Crippen LogP contribution in [0.15, 0.2) is 0 Å². The topological polar surface area (TPSA) is 40.5 Å². The zero-order valence-electron chi connectivity index (χ0n) is 9.40. The molecule has 0 aliphatic carbocycles. The quantitative estimate of drug-likeness (QED) is 0.779. The van der Waals surface area contributed by atoms with Crippen LogP contribution in [0, 0.1) is 11.3 Å². The molecule has 2 aliphatic heterocycles. The molecule has 2 saturated heterocycles. The highest BCUT2D eigenvalue weighted by atomic mass is 32.2. The Labute approximate surface area is 95.2 Å². The van der Waals surface area contributed by atoms with Crippen LogP contribution in [-0.2, 0) is 4.79 Å². The average Bonchev–Trinajstić information content (AvgIpc) is 1.97. The summed E-state index contributed by atoms with van der Waals surface area (Å²) >= 11 is 2.01. The van der Waals surface area contributed by atoms with Crippen LogP contribution in [0.25, 0.3) is 0 Å². The van der Waals surface area contributed by atoms with Crippen molar-refractivity contribution in [1.82, 2.24) is 4.90 Å². The molecule has 0 spiro atoms. The van der Waals surface area contributed by atoms with Crippen molar-refractivity contribution in [3.8, 4) is 0 Å². The summed E-state index contributed by atoms with van der Waals surface area (Å²) in [6, 6.07) is 0.606. The molecule has 86 valence electrons. The van der Waals surface area contributed by atoms with E-state index in [0.29, 0.717) is 11.5 Å². The minimum atomic E-state index is -0.631. The average molecular weight is 229 g/mol. The molecule has 0 aromatic carbocycles. The van der Waals surface area contributed by atoms with Crippen LogP contribution in [0.3, 0.4) is 0 Å². The Bertz CT molecular complexity index is 261. The Hall–Kier alpha value is -0.220. The molecule has 1 atom stereocenters. The molecule has 0 aromatic heterocycles. The Morgan fingerprint density at radius 3 is 2.67 bits per heavy atom. The van der Waals surface area contributed by atoms with Gasteiger partial charge in [-0.1, -0.05) is 13.8 Å². The molecule has 15 heavy (non-hydrogen) atoms. The normalized spacial score (nSPS) is 32.3. The van der Waals surface area contributed by atoms with E-state index in [9.17, 15) is 4.79 Å². The van der Waals surface area contributed by atoms with Gasteiger partial charge >= 0.3 is 5.97 Å². The number of likely N-dealkylation sites (tertiary alicyclic amines) is 1. The largest absolute Gasteiger partial charge is 0.481 e. The van der Waals surface area contributed by atoms with Gasteiger partial charge in [-0.2, -0.15) is 11.8 Å². The summed E-state index contributed by atoms with van der Waals surface area (Å²) in [7, 11) is 0. The molecule has 0 bridgehead atoms. The van der Waals surface area contributed by atoms with E-state index in [2.05, 4.69) is 18.7 Å². The molecule has 1 N–H and O–H groups in total. The summed E-state index contributed by atoms with van der Waals surface area (Å²) < 4.78 is 0. The fraction of sp³-hybridized carbons (Fsp3) is 0.909. The van der Waals surface area contributed by atoms with Crippen LogP contribution in [0.5, 0.6) is 0 Å². The van der Waals surface area contributed by atoms with Gasteiger partial charge in [-0.3, -0.25) is 9.69 Å². The van der Waals surface area contributed by atoms with Crippen LogP contribution in [0.2, 0.25) is 0 Å². The van der Waals surface area contributed by atoms with E-state index >= 15 is 0 Å². The molecule has 0 radical (unpaired) electrons. The molecule has 0 aromatic rings. The molecule has 1 unspecified atom stereocenters. The van der Waals surface area contributed by atoms with Gasteiger partial charge in [-0.15, -0.1) is 0 Å². The molecule has 2 rings (SSSR count). The number of rotatable bonds is 2. The number of hydrogen-bond donors (Lipinski definition) is 1. The number of carboxylic acid groups (broad SMARTS) is 1. The van der Waals surface area contributed by atoms with Crippen LogP contribution in [0.1, 0.15) is 20.3 Å². The number of thioether (sulfide) groups is 1. The van der Waals surface area contributed by atoms with E-state index < -0.39 is 5.97 Å². The van der Waals surface area contributed by atoms with E-state index in [1.807, 2.05) is 11.8 Å². The van der Waals surface area contributed by atoms with Gasteiger partial charge in [0.05, 0.1) is 5.92 Å². The highest BCUT2D eigenvalue weighted by Gasteiger charge is 2.40. The maximum absolute atomic E-state index is 10.7. The second-order valence-corrected chi connectivity index (χ2v) is 6.56. The van der Waals surface area contributed by atoms with E-state index in [1.54, 1.807) is 0 Å². The van der Waals surface area contributed by atoms with Gasteiger partial charge in [-0.05, 0) is 17.6 Å². The first-order valence-electron chi connectivity index (χ1n) is 5.52. The van der Waals surface area contributed by atoms with Crippen LogP contribution >= 0.6 is 11.8 Å².